The van der Waals surface area contributed by atoms with Gasteiger partial charge in [-0.15, -0.1) is 0 Å². The van der Waals surface area contributed by atoms with Crippen molar-refractivity contribution in [3.05, 3.63) is 0 Å². The molecule has 3 nitrogen and oxygen atoms in total. The predicted octanol–water partition coefficient (Wildman–Crippen LogP) is 0.550. The van der Waals surface area contributed by atoms with Crippen molar-refractivity contribution in [2.45, 2.75) is 32.9 Å². The molecule has 0 unspecified atom stereocenters. The normalized spacial score (nSPS) is 24.7. The average molecular weight is 156 g/mol. The Morgan fingerprint density at radius 1 is 1.64 bits per heavy atom. The summed E-state index contributed by atoms with van der Waals surface area (Å²) in [5, 5.41) is 0. The lowest BCUT2D eigenvalue weighted by Gasteiger charge is -2.22. The summed E-state index contributed by atoms with van der Waals surface area (Å²) in [6.45, 7) is 4.67. The highest BCUT2D eigenvalue weighted by molar-refractivity contribution is 5.78. The Morgan fingerprint density at radius 2 is 2.27 bits per heavy atom. The fourth-order valence-corrected chi connectivity index (χ4v) is 1.40. The van der Waals surface area contributed by atoms with Gasteiger partial charge in [0.2, 0.25) is 5.91 Å². The molecular formula is C8H16N2O. The Hall–Kier alpha value is -0.570. The van der Waals surface area contributed by atoms with Crippen LogP contribution in [0.15, 0.2) is 0 Å². The van der Waals surface area contributed by atoms with E-state index in [1.165, 1.54) is 0 Å². The molecule has 1 amide bonds. The number of carbonyl (C=O) groups is 1. The number of nitrogens with zero attached hydrogens (tertiary/aromatic N) is 1. The molecule has 0 saturated carbocycles. The Morgan fingerprint density at radius 3 is 2.64 bits per heavy atom. The first-order valence-electron chi connectivity index (χ1n) is 4.19. The molecule has 1 atom stereocenters. The van der Waals surface area contributed by atoms with Gasteiger partial charge in [-0.25, -0.2) is 0 Å². The van der Waals surface area contributed by atoms with Crippen molar-refractivity contribution >= 4 is 5.91 Å². The highest BCUT2D eigenvalue weighted by atomic mass is 16.2. The number of hydrogen-bond donors (Lipinski definition) is 1. The van der Waals surface area contributed by atoms with Crippen LogP contribution in [-0.2, 0) is 4.79 Å². The van der Waals surface area contributed by atoms with Crippen LogP contribution in [-0.4, -0.2) is 23.5 Å². The second-order valence-electron chi connectivity index (χ2n) is 3.40. The minimum atomic E-state index is -0.0232. The van der Waals surface area contributed by atoms with Crippen molar-refractivity contribution in [2.75, 3.05) is 6.54 Å². The van der Waals surface area contributed by atoms with E-state index in [1.807, 2.05) is 13.8 Å². The van der Waals surface area contributed by atoms with Gasteiger partial charge in [0.1, 0.15) is 0 Å². The standard InChI is InChI=1S/C8H16N2O/c1-6(2)8(11)10-5-3-4-7(10)9/h6-7H,3-5,9H2,1-2H3/t7-/m0/s1. The summed E-state index contributed by atoms with van der Waals surface area (Å²) >= 11 is 0. The SMILES string of the molecule is CC(C)C(=O)N1CCC[C@H]1N. The van der Waals surface area contributed by atoms with Gasteiger partial charge in [-0.05, 0) is 12.8 Å². The predicted molar refractivity (Wildman–Crippen MR) is 43.8 cm³/mol. The minimum Gasteiger partial charge on any atom is -0.327 e. The van der Waals surface area contributed by atoms with Crippen molar-refractivity contribution < 1.29 is 4.79 Å². The molecule has 64 valence electrons. The van der Waals surface area contributed by atoms with Crippen LogP contribution in [0.1, 0.15) is 26.7 Å². The quantitative estimate of drug-likeness (QED) is 0.602. The van der Waals surface area contributed by atoms with Crippen molar-refractivity contribution in [3.8, 4) is 0 Å². The summed E-state index contributed by atoms with van der Waals surface area (Å²) in [6.07, 6.45) is 1.99. The van der Waals surface area contributed by atoms with Crippen LogP contribution in [0.5, 0.6) is 0 Å². The zero-order chi connectivity index (χ0) is 8.43. The lowest BCUT2D eigenvalue weighted by Crippen LogP contribution is -2.42. The van der Waals surface area contributed by atoms with Gasteiger partial charge >= 0.3 is 0 Å². The van der Waals surface area contributed by atoms with Gasteiger partial charge in [0.25, 0.3) is 0 Å². The monoisotopic (exact) mass is 156 g/mol. The molecule has 1 aliphatic heterocycles. The highest BCUT2D eigenvalue weighted by Crippen LogP contribution is 2.15. The van der Waals surface area contributed by atoms with Gasteiger partial charge in [0.05, 0.1) is 6.17 Å². The molecule has 1 rings (SSSR count). The van der Waals surface area contributed by atoms with E-state index in [1.54, 1.807) is 4.90 Å². The van der Waals surface area contributed by atoms with Gasteiger partial charge in [0, 0.05) is 12.5 Å². The molecule has 11 heavy (non-hydrogen) atoms. The number of amides is 1. The average Bonchev–Trinajstić information content (AvgIpc) is 2.33. The maximum Gasteiger partial charge on any atom is 0.226 e. The van der Waals surface area contributed by atoms with Crippen molar-refractivity contribution in [1.29, 1.82) is 0 Å². The number of carbonyl (C=O) groups excluding carboxylic acids is 1. The lowest BCUT2D eigenvalue weighted by atomic mass is 10.2. The Kier molecular flexibility index (Phi) is 2.49. The smallest absolute Gasteiger partial charge is 0.226 e. The maximum absolute atomic E-state index is 11.4. The molecule has 0 aromatic rings. The molecule has 0 bridgehead atoms. The fraction of sp³-hybridized carbons (Fsp3) is 0.875. The molecule has 1 fully saturated rings. The van der Waals surface area contributed by atoms with Gasteiger partial charge in [0.15, 0.2) is 0 Å². The lowest BCUT2D eigenvalue weighted by molar-refractivity contribution is -0.135. The first kappa shape index (κ1) is 8.53. The second-order valence-corrected chi connectivity index (χ2v) is 3.40. The largest absolute Gasteiger partial charge is 0.327 e. The molecule has 0 radical (unpaired) electrons. The van der Waals surface area contributed by atoms with Crippen LogP contribution in [0.3, 0.4) is 0 Å². The van der Waals surface area contributed by atoms with E-state index in [9.17, 15) is 4.79 Å². The van der Waals surface area contributed by atoms with Gasteiger partial charge in [-0.3, -0.25) is 4.79 Å². The number of nitrogens with two attached hydrogens (primary N) is 1. The highest BCUT2D eigenvalue weighted by Gasteiger charge is 2.26. The van der Waals surface area contributed by atoms with E-state index < -0.39 is 0 Å². The first-order valence-corrected chi connectivity index (χ1v) is 4.19. The maximum atomic E-state index is 11.4. The van der Waals surface area contributed by atoms with Crippen LogP contribution < -0.4 is 5.73 Å². The Labute approximate surface area is 67.5 Å². The topological polar surface area (TPSA) is 46.3 Å². The summed E-state index contributed by atoms with van der Waals surface area (Å²) in [7, 11) is 0. The number of hydrogen-bond acceptors (Lipinski definition) is 2. The molecule has 0 aromatic carbocycles. The summed E-state index contributed by atoms with van der Waals surface area (Å²) in [5.41, 5.74) is 5.72. The molecule has 0 aliphatic carbocycles. The van der Waals surface area contributed by atoms with Crippen molar-refractivity contribution in [3.63, 3.8) is 0 Å². The van der Waals surface area contributed by atoms with Crippen LogP contribution in [0, 0.1) is 5.92 Å². The van der Waals surface area contributed by atoms with E-state index in [4.69, 9.17) is 5.73 Å². The third-order valence-corrected chi connectivity index (χ3v) is 2.08. The molecule has 0 spiro atoms. The summed E-state index contributed by atoms with van der Waals surface area (Å²) < 4.78 is 0. The first-order chi connectivity index (χ1) is 5.13. The van der Waals surface area contributed by atoms with Gasteiger partial charge < -0.3 is 10.6 Å². The third kappa shape index (κ3) is 1.71. The van der Waals surface area contributed by atoms with E-state index in [0.29, 0.717) is 0 Å². The number of likely N-dealkylation sites (tertiary alicyclic amines) is 1. The van der Waals surface area contributed by atoms with E-state index in [0.717, 1.165) is 19.4 Å². The summed E-state index contributed by atoms with van der Waals surface area (Å²) in [6, 6.07) is 0. The zero-order valence-electron chi connectivity index (χ0n) is 7.21. The van der Waals surface area contributed by atoms with E-state index in [2.05, 4.69) is 0 Å². The molecule has 0 aromatic heterocycles. The molecular weight excluding hydrogens is 140 g/mol. The van der Waals surface area contributed by atoms with Crippen molar-refractivity contribution in [1.82, 2.24) is 4.90 Å². The Balaban J connectivity index is 2.53. The fourth-order valence-electron chi connectivity index (χ4n) is 1.40. The van der Waals surface area contributed by atoms with Crippen molar-refractivity contribution in [2.24, 2.45) is 11.7 Å². The van der Waals surface area contributed by atoms with E-state index in [-0.39, 0.29) is 18.0 Å². The molecule has 1 aliphatic rings. The van der Waals surface area contributed by atoms with E-state index >= 15 is 0 Å². The van der Waals surface area contributed by atoms with Gasteiger partial charge in [-0.2, -0.15) is 0 Å². The molecule has 3 heteroatoms. The van der Waals surface area contributed by atoms with Crippen LogP contribution in [0.2, 0.25) is 0 Å². The summed E-state index contributed by atoms with van der Waals surface area (Å²) in [4.78, 5) is 13.2. The number of rotatable bonds is 1. The molecule has 2 N–H and O–H groups in total. The van der Waals surface area contributed by atoms with Gasteiger partial charge in [-0.1, -0.05) is 13.8 Å². The molecule has 1 heterocycles. The Bertz CT molecular complexity index is 156. The minimum absolute atomic E-state index is 0.0232. The zero-order valence-corrected chi connectivity index (χ0v) is 7.21. The van der Waals surface area contributed by atoms with Crippen LogP contribution in [0.4, 0.5) is 0 Å². The van der Waals surface area contributed by atoms with Crippen LogP contribution >= 0.6 is 0 Å². The third-order valence-electron chi connectivity index (χ3n) is 2.08. The molecule has 1 saturated heterocycles. The second kappa shape index (κ2) is 3.22. The summed E-state index contributed by atoms with van der Waals surface area (Å²) in [5.74, 6) is 0.272. The van der Waals surface area contributed by atoms with Crippen LogP contribution in [0.25, 0.3) is 0 Å².